The number of nitrogens with zero attached hydrogens (tertiary/aromatic N) is 2. The van der Waals surface area contributed by atoms with Gasteiger partial charge >= 0.3 is 0 Å². The van der Waals surface area contributed by atoms with Crippen molar-refractivity contribution >= 4 is 29.9 Å². The Morgan fingerprint density at radius 1 is 1.26 bits per heavy atom. The Kier molecular flexibility index (Phi) is 10.1. The molecule has 148 valence electrons. The third-order valence-corrected chi connectivity index (χ3v) is 4.08. The number of aliphatic hydroxyl groups excluding tert-OH is 1. The summed E-state index contributed by atoms with van der Waals surface area (Å²) in [4.78, 5) is 6.23. The van der Waals surface area contributed by atoms with Gasteiger partial charge in [0.15, 0.2) is 5.96 Å². The van der Waals surface area contributed by atoms with Gasteiger partial charge in [-0.2, -0.15) is 0 Å². The second-order valence-electron chi connectivity index (χ2n) is 6.02. The summed E-state index contributed by atoms with van der Waals surface area (Å²) in [6.07, 6.45) is 0. The van der Waals surface area contributed by atoms with Crippen molar-refractivity contribution in [1.29, 1.82) is 0 Å². The molecular weight excluding hydrogens is 460 g/mol. The Labute approximate surface area is 177 Å². The molecule has 0 saturated heterocycles. The van der Waals surface area contributed by atoms with Crippen LogP contribution in [0.5, 0.6) is 5.75 Å². The lowest BCUT2D eigenvalue weighted by atomic mass is 10.1. The molecule has 0 bridgehead atoms. The minimum atomic E-state index is -0.397. The standard InChI is InChI=1S/C20H26FN3O2.HI/c1-15-6-4-5-7-19(15)26-11-10-24(3)20(22-2)23-13-16-8-9-18(21)17(12-16)14-25;/h4-9,12,25H,10-11,13-14H2,1-3H3,(H,22,23);1H. The summed E-state index contributed by atoms with van der Waals surface area (Å²) in [7, 11) is 3.64. The molecule has 2 rings (SSSR count). The van der Waals surface area contributed by atoms with E-state index in [1.54, 1.807) is 19.2 Å². The number of benzene rings is 2. The molecule has 0 radical (unpaired) electrons. The summed E-state index contributed by atoms with van der Waals surface area (Å²) in [6.45, 7) is 3.39. The average molecular weight is 487 g/mol. The number of hydrogen-bond donors (Lipinski definition) is 2. The van der Waals surface area contributed by atoms with Gasteiger partial charge in [0.05, 0.1) is 13.2 Å². The largest absolute Gasteiger partial charge is 0.491 e. The van der Waals surface area contributed by atoms with Gasteiger partial charge < -0.3 is 20.1 Å². The molecule has 27 heavy (non-hydrogen) atoms. The zero-order chi connectivity index (χ0) is 18.9. The fraction of sp³-hybridized carbons (Fsp3) is 0.350. The van der Waals surface area contributed by atoms with E-state index in [4.69, 9.17) is 9.84 Å². The summed E-state index contributed by atoms with van der Waals surface area (Å²) in [5.41, 5.74) is 2.27. The zero-order valence-corrected chi connectivity index (χ0v) is 18.2. The number of halogens is 2. The Morgan fingerprint density at radius 3 is 2.67 bits per heavy atom. The maximum atomic E-state index is 13.4. The van der Waals surface area contributed by atoms with Crippen LogP contribution in [0.25, 0.3) is 0 Å². The maximum absolute atomic E-state index is 13.4. The predicted octanol–water partition coefficient (Wildman–Crippen LogP) is 3.33. The van der Waals surface area contributed by atoms with Gasteiger partial charge in [-0.15, -0.1) is 24.0 Å². The van der Waals surface area contributed by atoms with Gasteiger partial charge in [0, 0.05) is 26.2 Å². The van der Waals surface area contributed by atoms with Crippen LogP contribution in [0.4, 0.5) is 4.39 Å². The molecule has 0 unspecified atom stereocenters. The fourth-order valence-corrected chi connectivity index (χ4v) is 2.54. The van der Waals surface area contributed by atoms with Crippen LogP contribution < -0.4 is 10.1 Å². The minimum absolute atomic E-state index is 0. The summed E-state index contributed by atoms with van der Waals surface area (Å²) >= 11 is 0. The minimum Gasteiger partial charge on any atom is -0.491 e. The van der Waals surface area contributed by atoms with Crippen LogP contribution >= 0.6 is 24.0 Å². The molecule has 0 aromatic heterocycles. The first kappa shape index (κ1) is 23.2. The van der Waals surface area contributed by atoms with Crippen molar-refractivity contribution in [2.24, 2.45) is 4.99 Å². The third-order valence-electron chi connectivity index (χ3n) is 4.08. The normalized spacial score (nSPS) is 10.9. The summed E-state index contributed by atoms with van der Waals surface area (Å²) in [6, 6.07) is 12.6. The molecule has 0 atom stereocenters. The summed E-state index contributed by atoms with van der Waals surface area (Å²) < 4.78 is 19.3. The quantitative estimate of drug-likeness (QED) is 0.358. The van der Waals surface area contributed by atoms with E-state index in [0.29, 0.717) is 31.2 Å². The molecule has 0 aliphatic carbocycles. The molecule has 2 aromatic rings. The molecule has 0 aliphatic heterocycles. The monoisotopic (exact) mass is 487 g/mol. The van der Waals surface area contributed by atoms with Crippen molar-refractivity contribution in [3.63, 3.8) is 0 Å². The molecule has 0 saturated carbocycles. The second kappa shape index (κ2) is 11.8. The van der Waals surface area contributed by atoms with Crippen molar-refractivity contribution in [3.05, 3.63) is 65.0 Å². The first-order chi connectivity index (χ1) is 12.5. The molecule has 2 N–H and O–H groups in total. The van der Waals surface area contributed by atoms with E-state index in [-0.39, 0.29) is 30.6 Å². The van der Waals surface area contributed by atoms with Crippen molar-refractivity contribution in [1.82, 2.24) is 10.2 Å². The van der Waals surface area contributed by atoms with Gasteiger partial charge in [-0.3, -0.25) is 4.99 Å². The van der Waals surface area contributed by atoms with Crippen LogP contribution in [-0.4, -0.2) is 43.2 Å². The van der Waals surface area contributed by atoms with Crippen molar-refractivity contribution in [3.8, 4) is 5.75 Å². The maximum Gasteiger partial charge on any atom is 0.193 e. The van der Waals surface area contributed by atoms with Crippen molar-refractivity contribution in [2.75, 3.05) is 27.2 Å². The third kappa shape index (κ3) is 6.99. The zero-order valence-electron chi connectivity index (χ0n) is 15.9. The van der Waals surface area contributed by atoms with Gasteiger partial charge in [-0.05, 0) is 36.2 Å². The molecule has 0 amide bonds. The number of aryl methyl sites for hydroxylation is 1. The number of aliphatic imine (C=N–C) groups is 1. The molecule has 0 fully saturated rings. The first-order valence-corrected chi connectivity index (χ1v) is 8.53. The summed E-state index contributed by atoms with van der Waals surface area (Å²) in [5, 5.41) is 12.4. The lowest BCUT2D eigenvalue weighted by molar-refractivity contribution is 0.275. The molecule has 2 aromatic carbocycles. The van der Waals surface area contributed by atoms with E-state index >= 15 is 0 Å². The smallest absolute Gasteiger partial charge is 0.193 e. The molecule has 0 aliphatic rings. The number of rotatable bonds is 7. The van der Waals surface area contributed by atoms with Gasteiger partial charge in [0.1, 0.15) is 18.2 Å². The number of hydrogen-bond acceptors (Lipinski definition) is 3. The summed E-state index contributed by atoms with van der Waals surface area (Å²) in [5.74, 6) is 1.20. The fourth-order valence-electron chi connectivity index (χ4n) is 2.54. The highest BCUT2D eigenvalue weighted by Gasteiger charge is 2.08. The molecular formula is C20H27FIN3O2. The van der Waals surface area contributed by atoms with Crippen LogP contribution in [-0.2, 0) is 13.2 Å². The second-order valence-corrected chi connectivity index (χ2v) is 6.02. The van der Waals surface area contributed by atoms with Gasteiger partial charge in [-0.25, -0.2) is 4.39 Å². The van der Waals surface area contributed by atoms with Gasteiger partial charge in [0.25, 0.3) is 0 Å². The molecule has 0 spiro atoms. The van der Waals surface area contributed by atoms with Crippen molar-refractivity contribution in [2.45, 2.75) is 20.1 Å². The van der Waals surface area contributed by atoms with Gasteiger partial charge in [0.2, 0.25) is 0 Å². The Hall–Kier alpha value is -1.87. The topological polar surface area (TPSA) is 57.1 Å². The Morgan fingerprint density at radius 2 is 2.00 bits per heavy atom. The lowest BCUT2D eigenvalue weighted by Crippen LogP contribution is -2.40. The number of ether oxygens (including phenoxy) is 1. The first-order valence-electron chi connectivity index (χ1n) is 8.53. The molecule has 5 nitrogen and oxygen atoms in total. The van der Waals surface area contributed by atoms with Crippen LogP contribution in [0.1, 0.15) is 16.7 Å². The van der Waals surface area contributed by atoms with Crippen LogP contribution in [0.15, 0.2) is 47.5 Å². The van der Waals surface area contributed by atoms with E-state index in [2.05, 4.69) is 10.3 Å². The lowest BCUT2D eigenvalue weighted by Gasteiger charge is -2.22. The number of likely N-dealkylation sites (N-methyl/N-ethyl adjacent to an activating group) is 1. The van der Waals surface area contributed by atoms with E-state index in [1.165, 1.54) is 6.07 Å². The van der Waals surface area contributed by atoms with Gasteiger partial charge in [-0.1, -0.05) is 24.3 Å². The number of aliphatic hydroxyl groups is 1. The number of nitrogens with one attached hydrogen (secondary N) is 1. The highest BCUT2D eigenvalue weighted by molar-refractivity contribution is 14.0. The van der Waals surface area contributed by atoms with Crippen LogP contribution in [0.3, 0.4) is 0 Å². The van der Waals surface area contributed by atoms with E-state index in [0.717, 1.165) is 16.9 Å². The highest BCUT2D eigenvalue weighted by atomic mass is 127. The van der Waals surface area contributed by atoms with Crippen LogP contribution in [0, 0.1) is 12.7 Å². The Balaban J connectivity index is 0.00000364. The highest BCUT2D eigenvalue weighted by Crippen LogP contribution is 2.15. The average Bonchev–Trinajstić information content (AvgIpc) is 2.65. The predicted molar refractivity (Wildman–Crippen MR) is 117 cm³/mol. The van der Waals surface area contributed by atoms with E-state index in [9.17, 15) is 4.39 Å². The Bertz CT molecular complexity index is 756. The number of guanidine groups is 1. The molecule has 7 heteroatoms. The van der Waals surface area contributed by atoms with E-state index in [1.807, 2.05) is 43.1 Å². The van der Waals surface area contributed by atoms with Crippen molar-refractivity contribution < 1.29 is 14.2 Å². The SMILES string of the molecule is CN=C(NCc1ccc(F)c(CO)c1)N(C)CCOc1ccccc1C.I. The number of para-hydroxylation sites is 1. The molecule has 0 heterocycles. The van der Waals surface area contributed by atoms with Crippen LogP contribution in [0.2, 0.25) is 0 Å². The van der Waals surface area contributed by atoms with E-state index < -0.39 is 5.82 Å².